The van der Waals surface area contributed by atoms with E-state index in [4.69, 9.17) is 8.92 Å². The van der Waals surface area contributed by atoms with Gasteiger partial charge in [-0.05, 0) is 43.2 Å². The predicted molar refractivity (Wildman–Crippen MR) is 85.4 cm³/mol. The van der Waals surface area contributed by atoms with Gasteiger partial charge in [0, 0.05) is 0 Å². The molecule has 0 unspecified atom stereocenters. The first-order valence-corrected chi connectivity index (χ1v) is 8.60. The number of aryl methyl sites for hydroxylation is 1. The first-order valence-electron chi connectivity index (χ1n) is 7.19. The van der Waals surface area contributed by atoms with Crippen molar-refractivity contribution in [2.24, 2.45) is 0 Å². The molecule has 118 valence electrons. The minimum Gasteiger partial charge on any atom is -0.494 e. The third-order valence-electron chi connectivity index (χ3n) is 3.09. The maximum atomic E-state index is 12.1. The molecule has 0 aliphatic carbocycles. The number of benzene rings is 2. The highest BCUT2D eigenvalue weighted by atomic mass is 32.2. The van der Waals surface area contributed by atoms with Crippen LogP contribution in [0, 0.1) is 6.92 Å². The Morgan fingerprint density at radius 2 is 1.59 bits per heavy atom. The molecule has 0 aliphatic rings. The van der Waals surface area contributed by atoms with Crippen LogP contribution < -0.4 is 4.74 Å². The first-order chi connectivity index (χ1) is 10.5. The fraction of sp³-hybridized carbons (Fsp3) is 0.294. The molecule has 2 rings (SSSR count). The minimum absolute atomic E-state index is 0.00423. The zero-order chi connectivity index (χ0) is 16.0. The summed E-state index contributed by atoms with van der Waals surface area (Å²) in [5.41, 5.74) is 1.78. The van der Waals surface area contributed by atoms with E-state index in [2.05, 4.69) is 0 Å². The van der Waals surface area contributed by atoms with Gasteiger partial charge in [-0.25, -0.2) is 0 Å². The summed E-state index contributed by atoms with van der Waals surface area (Å²) in [6.07, 6.45) is 0.944. The van der Waals surface area contributed by atoms with Gasteiger partial charge in [-0.15, -0.1) is 0 Å². The Morgan fingerprint density at radius 1 is 0.955 bits per heavy atom. The van der Waals surface area contributed by atoms with Crippen molar-refractivity contribution in [1.82, 2.24) is 0 Å². The van der Waals surface area contributed by atoms with Crippen LogP contribution in [0.25, 0.3) is 0 Å². The van der Waals surface area contributed by atoms with Gasteiger partial charge in [-0.3, -0.25) is 4.18 Å². The van der Waals surface area contributed by atoms with Crippen molar-refractivity contribution in [1.29, 1.82) is 0 Å². The molecule has 0 bridgehead atoms. The Labute approximate surface area is 131 Å². The van der Waals surface area contributed by atoms with Gasteiger partial charge in [0.2, 0.25) is 0 Å². The van der Waals surface area contributed by atoms with Crippen LogP contribution in [0.5, 0.6) is 5.75 Å². The van der Waals surface area contributed by atoms with Crippen molar-refractivity contribution in [2.45, 2.75) is 31.8 Å². The molecule has 0 saturated heterocycles. The molecule has 22 heavy (non-hydrogen) atoms. The molecule has 5 heteroatoms. The van der Waals surface area contributed by atoms with E-state index in [1.807, 2.05) is 26.0 Å². The van der Waals surface area contributed by atoms with Crippen LogP contribution in [0.2, 0.25) is 0 Å². The molecule has 0 heterocycles. The summed E-state index contributed by atoms with van der Waals surface area (Å²) in [4.78, 5) is 0.168. The number of hydrogen-bond donors (Lipinski definition) is 0. The van der Waals surface area contributed by atoms with E-state index in [9.17, 15) is 8.42 Å². The molecule has 0 spiro atoms. The van der Waals surface area contributed by atoms with Crippen LogP contribution in [0.1, 0.15) is 24.5 Å². The molecule has 0 amide bonds. The highest BCUT2D eigenvalue weighted by molar-refractivity contribution is 7.86. The summed E-state index contributed by atoms with van der Waals surface area (Å²) in [6, 6.07) is 13.8. The van der Waals surface area contributed by atoms with E-state index in [0.29, 0.717) is 6.61 Å². The van der Waals surface area contributed by atoms with E-state index in [0.717, 1.165) is 23.3 Å². The lowest BCUT2D eigenvalue weighted by molar-refractivity contribution is 0.306. The fourth-order valence-electron chi connectivity index (χ4n) is 1.82. The van der Waals surface area contributed by atoms with Crippen molar-refractivity contribution >= 4 is 10.1 Å². The van der Waals surface area contributed by atoms with Crippen LogP contribution >= 0.6 is 0 Å². The van der Waals surface area contributed by atoms with E-state index in [1.165, 1.54) is 0 Å². The second-order valence-corrected chi connectivity index (χ2v) is 6.64. The SMILES string of the molecule is CCCOc1ccc(COS(=O)(=O)c2ccc(C)cc2)cc1. The Morgan fingerprint density at radius 3 is 2.18 bits per heavy atom. The van der Waals surface area contributed by atoms with Gasteiger partial charge in [-0.1, -0.05) is 36.8 Å². The number of rotatable bonds is 7. The molecule has 2 aromatic carbocycles. The normalized spacial score (nSPS) is 11.4. The van der Waals surface area contributed by atoms with Gasteiger partial charge in [0.15, 0.2) is 0 Å². The highest BCUT2D eigenvalue weighted by Crippen LogP contribution is 2.17. The lowest BCUT2D eigenvalue weighted by Crippen LogP contribution is -2.06. The van der Waals surface area contributed by atoms with Gasteiger partial charge in [0.25, 0.3) is 10.1 Å². The molecule has 2 aromatic rings. The predicted octanol–water partition coefficient (Wildman–Crippen LogP) is 3.69. The maximum absolute atomic E-state index is 12.1. The Hall–Kier alpha value is -1.85. The van der Waals surface area contributed by atoms with Gasteiger partial charge < -0.3 is 4.74 Å². The summed E-state index contributed by atoms with van der Waals surface area (Å²) in [5, 5.41) is 0. The van der Waals surface area contributed by atoms with Crippen molar-refractivity contribution in [3.8, 4) is 5.75 Å². The molecule has 0 N–H and O–H groups in total. The van der Waals surface area contributed by atoms with Crippen molar-refractivity contribution < 1.29 is 17.3 Å². The van der Waals surface area contributed by atoms with Crippen LogP contribution in [-0.4, -0.2) is 15.0 Å². The van der Waals surface area contributed by atoms with Crippen LogP contribution in [0.3, 0.4) is 0 Å². The molecule has 0 saturated carbocycles. The summed E-state index contributed by atoms with van der Waals surface area (Å²) < 4.78 is 34.7. The quantitative estimate of drug-likeness (QED) is 0.730. The zero-order valence-electron chi connectivity index (χ0n) is 12.8. The molecule has 0 radical (unpaired) electrons. The maximum Gasteiger partial charge on any atom is 0.297 e. The van der Waals surface area contributed by atoms with Crippen LogP contribution in [0.15, 0.2) is 53.4 Å². The third kappa shape index (κ3) is 4.58. The lowest BCUT2D eigenvalue weighted by atomic mass is 10.2. The molecule has 0 atom stereocenters. The minimum atomic E-state index is -3.73. The van der Waals surface area contributed by atoms with E-state index >= 15 is 0 Å². The van der Waals surface area contributed by atoms with E-state index < -0.39 is 10.1 Å². The standard InChI is InChI=1S/C17H20O4S/c1-3-12-20-16-8-6-15(7-9-16)13-21-22(18,19)17-10-4-14(2)5-11-17/h4-11H,3,12-13H2,1-2H3. The molecule has 0 aromatic heterocycles. The summed E-state index contributed by atoms with van der Waals surface area (Å²) in [7, 11) is -3.73. The van der Waals surface area contributed by atoms with Crippen LogP contribution in [-0.2, 0) is 20.9 Å². The van der Waals surface area contributed by atoms with Crippen molar-refractivity contribution in [3.63, 3.8) is 0 Å². The number of hydrogen-bond acceptors (Lipinski definition) is 4. The fourth-order valence-corrected chi connectivity index (χ4v) is 2.72. The second kappa shape index (κ2) is 7.42. The smallest absolute Gasteiger partial charge is 0.297 e. The van der Waals surface area contributed by atoms with Gasteiger partial charge in [-0.2, -0.15) is 8.42 Å². The van der Waals surface area contributed by atoms with Crippen LogP contribution in [0.4, 0.5) is 0 Å². The largest absolute Gasteiger partial charge is 0.494 e. The molecule has 0 fully saturated rings. The lowest BCUT2D eigenvalue weighted by Gasteiger charge is -2.08. The van der Waals surface area contributed by atoms with Gasteiger partial charge >= 0.3 is 0 Å². The monoisotopic (exact) mass is 320 g/mol. The van der Waals surface area contributed by atoms with Gasteiger partial charge in [0.05, 0.1) is 18.1 Å². The molecule has 0 aliphatic heterocycles. The average molecular weight is 320 g/mol. The Kier molecular flexibility index (Phi) is 5.57. The van der Waals surface area contributed by atoms with E-state index in [-0.39, 0.29) is 11.5 Å². The molecular weight excluding hydrogens is 300 g/mol. The summed E-state index contributed by atoms with van der Waals surface area (Å²) >= 11 is 0. The molecular formula is C17H20O4S. The topological polar surface area (TPSA) is 52.6 Å². The first kappa shape index (κ1) is 16.5. The Bertz CT molecular complexity index is 688. The number of ether oxygens (including phenoxy) is 1. The van der Waals surface area contributed by atoms with Gasteiger partial charge in [0.1, 0.15) is 5.75 Å². The highest BCUT2D eigenvalue weighted by Gasteiger charge is 2.14. The second-order valence-electron chi connectivity index (χ2n) is 5.02. The van der Waals surface area contributed by atoms with Crippen molar-refractivity contribution in [2.75, 3.05) is 6.61 Å². The van der Waals surface area contributed by atoms with E-state index in [1.54, 1.807) is 36.4 Å². The molecule has 4 nitrogen and oxygen atoms in total. The van der Waals surface area contributed by atoms with Crippen molar-refractivity contribution in [3.05, 3.63) is 59.7 Å². The summed E-state index contributed by atoms with van der Waals surface area (Å²) in [6.45, 7) is 4.61. The zero-order valence-corrected chi connectivity index (χ0v) is 13.6. The third-order valence-corrected chi connectivity index (χ3v) is 4.36. The Balaban J connectivity index is 1.98. The average Bonchev–Trinajstić information content (AvgIpc) is 2.52. The summed E-state index contributed by atoms with van der Waals surface area (Å²) in [5.74, 6) is 0.770.